The van der Waals surface area contributed by atoms with Gasteiger partial charge in [-0.1, -0.05) is 49.7 Å². The van der Waals surface area contributed by atoms with E-state index < -0.39 is 6.10 Å². The second-order valence-electron chi connectivity index (χ2n) is 4.84. The Morgan fingerprint density at radius 3 is 2.00 bits per heavy atom. The van der Waals surface area contributed by atoms with Crippen molar-refractivity contribution in [2.45, 2.75) is 25.9 Å². The number of pyridine rings is 1. The molecule has 3 rings (SSSR count). The first-order valence-electron chi connectivity index (χ1n) is 6.74. The van der Waals surface area contributed by atoms with E-state index in [9.17, 15) is 5.11 Å². The lowest BCUT2D eigenvalue weighted by Crippen LogP contribution is -1.99. The highest BCUT2D eigenvalue weighted by Crippen LogP contribution is 2.32. The molecule has 1 unspecified atom stereocenters. The number of hydrogen-bond acceptors (Lipinski definition) is 1. The van der Waals surface area contributed by atoms with E-state index in [1.54, 1.807) is 0 Å². The van der Waals surface area contributed by atoms with Gasteiger partial charge in [-0.2, -0.15) is 0 Å². The quantitative estimate of drug-likeness (QED) is 0.622. The van der Waals surface area contributed by atoms with Gasteiger partial charge in [-0.25, -0.2) is 10.1 Å². The van der Waals surface area contributed by atoms with Crippen LogP contribution in [-0.4, -0.2) is 4.98 Å². The molecule has 95 valence electrons. The molecule has 0 N–H and O–H groups in total. The molecule has 1 aromatic heterocycles. The first-order chi connectivity index (χ1) is 9.31. The minimum absolute atomic E-state index is 0.665. The van der Waals surface area contributed by atoms with E-state index >= 15 is 0 Å². The van der Waals surface area contributed by atoms with Crippen LogP contribution in [0.15, 0.2) is 48.5 Å². The van der Waals surface area contributed by atoms with Gasteiger partial charge in [0.25, 0.3) is 0 Å². The Balaban J connectivity index is 2.39. The summed E-state index contributed by atoms with van der Waals surface area (Å²) in [4.78, 5) is 4.64. The van der Waals surface area contributed by atoms with Crippen molar-refractivity contribution in [1.29, 1.82) is 0 Å². The summed E-state index contributed by atoms with van der Waals surface area (Å²) < 4.78 is 0. The first-order valence-corrected chi connectivity index (χ1v) is 6.74. The van der Waals surface area contributed by atoms with Crippen LogP contribution < -0.4 is 0 Å². The molecule has 0 spiro atoms. The van der Waals surface area contributed by atoms with Crippen molar-refractivity contribution in [2.24, 2.45) is 0 Å². The van der Waals surface area contributed by atoms with Crippen LogP contribution in [0.2, 0.25) is 0 Å². The van der Waals surface area contributed by atoms with E-state index in [0.29, 0.717) is 6.42 Å². The molecule has 2 heteroatoms. The Morgan fingerprint density at radius 1 is 0.947 bits per heavy atom. The van der Waals surface area contributed by atoms with E-state index in [1.807, 2.05) is 48.5 Å². The van der Waals surface area contributed by atoms with Crippen molar-refractivity contribution in [3.8, 4) is 0 Å². The summed E-state index contributed by atoms with van der Waals surface area (Å²) in [5, 5.41) is 14.5. The topological polar surface area (TPSA) is 32.8 Å². The number of benzene rings is 2. The molecular weight excluding hydrogens is 234 g/mol. The van der Waals surface area contributed by atoms with E-state index in [1.165, 1.54) is 0 Å². The second-order valence-corrected chi connectivity index (χ2v) is 4.84. The van der Waals surface area contributed by atoms with E-state index in [-0.39, 0.29) is 0 Å². The molecule has 2 nitrogen and oxygen atoms in total. The number of fused-ring (bicyclic) bond motifs is 2. The van der Waals surface area contributed by atoms with Crippen molar-refractivity contribution >= 4 is 21.8 Å². The number of para-hydroxylation sites is 2. The van der Waals surface area contributed by atoms with E-state index in [4.69, 9.17) is 0 Å². The largest absolute Gasteiger partial charge is 0.248 e. The van der Waals surface area contributed by atoms with Gasteiger partial charge in [-0.3, -0.25) is 0 Å². The zero-order valence-corrected chi connectivity index (χ0v) is 11.0. The summed E-state index contributed by atoms with van der Waals surface area (Å²) in [6, 6.07) is 15.8. The minimum atomic E-state index is -0.678. The molecule has 3 aromatic rings. The normalized spacial score (nSPS) is 12.9. The molecule has 19 heavy (non-hydrogen) atoms. The maximum absolute atomic E-state index is 12.5. The zero-order chi connectivity index (χ0) is 13.2. The van der Waals surface area contributed by atoms with Crippen LogP contribution in [0, 0.1) is 0 Å². The minimum Gasteiger partial charge on any atom is -0.248 e. The fourth-order valence-electron chi connectivity index (χ4n) is 2.63. The Hall–Kier alpha value is -1.93. The lowest BCUT2D eigenvalue weighted by Gasteiger charge is -2.14. The van der Waals surface area contributed by atoms with Crippen LogP contribution in [0.5, 0.6) is 0 Å². The number of nitrogens with zero attached hydrogens (tertiary/aromatic N) is 1. The molecule has 2 aromatic carbocycles. The molecule has 1 heterocycles. The van der Waals surface area contributed by atoms with Crippen LogP contribution in [0.1, 0.15) is 31.4 Å². The molecule has 0 bridgehead atoms. The third kappa shape index (κ3) is 2.08. The smallest absolute Gasteiger partial charge is 0.119 e. The van der Waals surface area contributed by atoms with Crippen LogP contribution in [-0.2, 0) is 5.11 Å². The highest BCUT2D eigenvalue weighted by atomic mass is 16.3. The lowest BCUT2D eigenvalue weighted by molar-refractivity contribution is 0.0829. The van der Waals surface area contributed by atoms with Crippen LogP contribution >= 0.6 is 0 Å². The fourth-order valence-corrected chi connectivity index (χ4v) is 2.63. The maximum Gasteiger partial charge on any atom is 0.119 e. The summed E-state index contributed by atoms with van der Waals surface area (Å²) in [6.07, 6.45) is 0.889. The van der Waals surface area contributed by atoms with Gasteiger partial charge in [0.2, 0.25) is 0 Å². The van der Waals surface area contributed by atoms with Gasteiger partial charge >= 0.3 is 0 Å². The van der Waals surface area contributed by atoms with Gasteiger partial charge in [0, 0.05) is 16.3 Å². The number of rotatable bonds is 3. The maximum atomic E-state index is 12.5. The molecule has 0 fully saturated rings. The van der Waals surface area contributed by atoms with Gasteiger partial charge < -0.3 is 0 Å². The van der Waals surface area contributed by atoms with Crippen molar-refractivity contribution < 1.29 is 5.11 Å². The van der Waals surface area contributed by atoms with E-state index in [2.05, 4.69) is 11.9 Å². The second kappa shape index (κ2) is 4.98. The van der Waals surface area contributed by atoms with Crippen LogP contribution in [0.3, 0.4) is 0 Å². The highest BCUT2D eigenvalue weighted by Gasteiger charge is 2.16. The third-order valence-electron chi connectivity index (χ3n) is 3.50. The van der Waals surface area contributed by atoms with Crippen molar-refractivity contribution in [3.63, 3.8) is 0 Å². The van der Waals surface area contributed by atoms with Gasteiger partial charge in [-0.05, 0) is 18.6 Å². The Morgan fingerprint density at radius 2 is 1.47 bits per heavy atom. The lowest BCUT2D eigenvalue weighted by atomic mass is 9.96. The Labute approximate surface area is 112 Å². The van der Waals surface area contributed by atoms with Gasteiger partial charge in [0.05, 0.1) is 11.0 Å². The average molecular weight is 250 g/mol. The molecule has 0 saturated carbocycles. The van der Waals surface area contributed by atoms with Gasteiger partial charge in [-0.15, -0.1) is 0 Å². The third-order valence-corrected chi connectivity index (χ3v) is 3.50. The average Bonchev–Trinajstić information content (AvgIpc) is 2.44. The summed E-state index contributed by atoms with van der Waals surface area (Å²) in [5.41, 5.74) is 2.73. The standard InChI is InChI=1S/C17H16NO/c1-2-7-16(19)17-12-8-3-5-10-14(12)18-15-11-6-4-9-13(15)17/h3-6,8-11,16H,2,7H2,1H3. The molecule has 1 radical (unpaired) electrons. The molecular formula is C17H16NO. The van der Waals surface area contributed by atoms with Crippen molar-refractivity contribution in [2.75, 3.05) is 0 Å². The molecule has 0 aliphatic heterocycles. The summed E-state index contributed by atoms with van der Waals surface area (Å²) >= 11 is 0. The van der Waals surface area contributed by atoms with E-state index in [0.717, 1.165) is 33.8 Å². The van der Waals surface area contributed by atoms with Crippen molar-refractivity contribution in [1.82, 2.24) is 4.98 Å². The molecule has 0 aliphatic carbocycles. The highest BCUT2D eigenvalue weighted by molar-refractivity contribution is 5.97. The van der Waals surface area contributed by atoms with Gasteiger partial charge in [0.15, 0.2) is 0 Å². The number of hydrogen-bond donors (Lipinski definition) is 0. The fraction of sp³-hybridized carbons (Fsp3) is 0.235. The van der Waals surface area contributed by atoms with Crippen molar-refractivity contribution in [3.05, 3.63) is 54.1 Å². The predicted octanol–water partition coefficient (Wildman–Crippen LogP) is 4.66. The zero-order valence-electron chi connectivity index (χ0n) is 11.0. The Bertz CT molecular complexity index is 667. The van der Waals surface area contributed by atoms with Crippen LogP contribution in [0.25, 0.3) is 21.8 Å². The molecule has 0 saturated heterocycles. The molecule has 1 atom stereocenters. The number of aromatic nitrogens is 1. The van der Waals surface area contributed by atoms with Gasteiger partial charge in [0.1, 0.15) is 6.10 Å². The summed E-state index contributed by atoms with van der Waals surface area (Å²) in [7, 11) is 0. The summed E-state index contributed by atoms with van der Waals surface area (Å²) in [6.45, 7) is 2.05. The summed E-state index contributed by atoms with van der Waals surface area (Å²) in [5.74, 6) is 0. The molecule has 0 aliphatic rings. The van der Waals surface area contributed by atoms with Crippen LogP contribution in [0.4, 0.5) is 0 Å². The Kier molecular flexibility index (Phi) is 3.18. The first kappa shape index (κ1) is 12.1. The predicted molar refractivity (Wildman–Crippen MR) is 77.6 cm³/mol. The molecule has 0 amide bonds. The monoisotopic (exact) mass is 250 g/mol. The SMILES string of the molecule is CCCC([O])c1c2ccccc2nc2ccccc12.